The number of nitrogens with zero attached hydrogens (tertiary/aromatic N) is 5. The van der Waals surface area contributed by atoms with Crippen LogP contribution >= 0.6 is 0 Å². The molecule has 1 fully saturated rings. The van der Waals surface area contributed by atoms with Crippen LogP contribution in [0.3, 0.4) is 0 Å². The van der Waals surface area contributed by atoms with Crippen molar-refractivity contribution < 1.29 is 4.79 Å². The highest BCUT2D eigenvalue weighted by Crippen LogP contribution is 2.27. The minimum Gasteiger partial charge on any atom is -0.342 e. The van der Waals surface area contributed by atoms with E-state index in [0.717, 1.165) is 41.8 Å². The number of aryl methyl sites for hydroxylation is 1. The molecule has 7 heteroatoms. The van der Waals surface area contributed by atoms with Gasteiger partial charge in [-0.05, 0) is 36.6 Å². The number of anilines is 1. The smallest absolute Gasteiger partial charge is 0.225 e. The van der Waals surface area contributed by atoms with E-state index in [-0.39, 0.29) is 17.9 Å². The summed E-state index contributed by atoms with van der Waals surface area (Å²) in [5, 5.41) is 3.30. The molecule has 32 heavy (non-hydrogen) atoms. The fourth-order valence-electron chi connectivity index (χ4n) is 4.45. The van der Waals surface area contributed by atoms with Crippen molar-refractivity contribution in [2.75, 3.05) is 18.0 Å². The number of carbonyl (C=O) groups excluding carboxylic acids is 1. The van der Waals surface area contributed by atoms with Gasteiger partial charge in [-0.3, -0.25) is 4.79 Å². The lowest BCUT2D eigenvalue weighted by atomic mass is 9.96. The van der Waals surface area contributed by atoms with E-state index in [1.807, 2.05) is 55.6 Å². The first-order valence-corrected chi connectivity index (χ1v) is 11.0. The number of piperidine rings is 1. The van der Waals surface area contributed by atoms with E-state index in [1.165, 1.54) is 0 Å². The van der Waals surface area contributed by atoms with Crippen LogP contribution in [-0.2, 0) is 11.8 Å². The van der Waals surface area contributed by atoms with Crippen LogP contribution in [0.15, 0.2) is 73.1 Å². The first-order chi connectivity index (χ1) is 15.7. The average Bonchev–Trinajstić information content (AvgIpc) is 3.20. The Morgan fingerprint density at radius 2 is 1.78 bits per heavy atom. The maximum atomic E-state index is 13.4. The second kappa shape index (κ2) is 8.78. The number of carbonyl (C=O) groups is 1. The third-order valence-corrected chi connectivity index (χ3v) is 6.13. The van der Waals surface area contributed by atoms with Crippen LogP contribution in [0, 0.1) is 5.92 Å². The molecule has 5 rings (SSSR count). The Morgan fingerprint density at radius 3 is 2.56 bits per heavy atom. The number of para-hydroxylation sites is 2. The third-order valence-electron chi connectivity index (χ3n) is 6.13. The number of nitrogens with one attached hydrogen (secondary N) is 1. The van der Waals surface area contributed by atoms with Gasteiger partial charge in [0.2, 0.25) is 11.9 Å². The summed E-state index contributed by atoms with van der Waals surface area (Å²) in [4.78, 5) is 29.1. The monoisotopic (exact) mass is 426 g/mol. The molecule has 0 bridgehead atoms. The molecule has 3 heterocycles. The fraction of sp³-hybridized carbons (Fsp3) is 0.280. The quantitative estimate of drug-likeness (QED) is 0.529. The number of fused-ring (bicyclic) bond motifs is 1. The van der Waals surface area contributed by atoms with E-state index < -0.39 is 0 Å². The van der Waals surface area contributed by atoms with Crippen LogP contribution in [-0.4, -0.2) is 38.5 Å². The van der Waals surface area contributed by atoms with Gasteiger partial charge in [-0.2, -0.15) is 0 Å². The van der Waals surface area contributed by atoms with Gasteiger partial charge >= 0.3 is 0 Å². The van der Waals surface area contributed by atoms with Gasteiger partial charge in [0.1, 0.15) is 11.9 Å². The summed E-state index contributed by atoms with van der Waals surface area (Å²) in [7, 11) is 2.00. The van der Waals surface area contributed by atoms with Gasteiger partial charge in [-0.15, -0.1) is 0 Å². The molecule has 7 nitrogen and oxygen atoms in total. The fourth-order valence-corrected chi connectivity index (χ4v) is 4.45. The average molecular weight is 427 g/mol. The Bertz CT molecular complexity index is 1210. The number of rotatable bonds is 5. The van der Waals surface area contributed by atoms with Gasteiger partial charge in [0.15, 0.2) is 0 Å². The van der Waals surface area contributed by atoms with Gasteiger partial charge in [0.05, 0.1) is 17.0 Å². The Balaban J connectivity index is 1.43. The minimum absolute atomic E-state index is 0.0338. The molecule has 4 aromatic rings. The van der Waals surface area contributed by atoms with Gasteiger partial charge in [0, 0.05) is 32.5 Å². The lowest BCUT2D eigenvalue weighted by molar-refractivity contribution is -0.125. The lowest BCUT2D eigenvalue weighted by Gasteiger charge is -2.32. The molecule has 2 atom stereocenters. The van der Waals surface area contributed by atoms with Crippen molar-refractivity contribution in [3.8, 4) is 0 Å². The highest BCUT2D eigenvalue weighted by Gasteiger charge is 2.30. The lowest BCUT2D eigenvalue weighted by Crippen LogP contribution is -2.45. The zero-order valence-corrected chi connectivity index (χ0v) is 18.1. The van der Waals surface area contributed by atoms with Crippen molar-refractivity contribution >= 4 is 22.9 Å². The standard InChI is InChI=1S/C25H26N6O/c1-30-21-13-6-5-12-20(21)28-23(30)22(18-9-3-2-4-10-18)29-24(32)19-11-7-16-31(17-19)25-26-14-8-15-27-25/h2-6,8-10,12-15,19,22H,7,11,16-17H2,1H3,(H,29,32). The first kappa shape index (κ1) is 20.2. The van der Waals surface area contributed by atoms with Crippen LogP contribution in [0.25, 0.3) is 11.0 Å². The third kappa shape index (κ3) is 3.93. The van der Waals surface area contributed by atoms with E-state index in [9.17, 15) is 4.79 Å². The largest absolute Gasteiger partial charge is 0.342 e. The predicted molar refractivity (Wildman–Crippen MR) is 124 cm³/mol. The molecule has 162 valence electrons. The zero-order chi connectivity index (χ0) is 21.9. The van der Waals surface area contributed by atoms with Gasteiger partial charge in [-0.1, -0.05) is 42.5 Å². The molecule has 0 radical (unpaired) electrons. The summed E-state index contributed by atoms with van der Waals surface area (Å²) in [6.45, 7) is 1.47. The number of amides is 1. The van der Waals surface area contributed by atoms with Crippen LogP contribution in [0.5, 0.6) is 0 Å². The molecule has 1 saturated heterocycles. The number of hydrogen-bond acceptors (Lipinski definition) is 5. The van der Waals surface area contributed by atoms with Crippen molar-refractivity contribution in [1.82, 2.24) is 24.8 Å². The summed E-state index contributed by atoms with van der Waals surface area (Å²) in [5.74, 6) is 1.41. The second-order valence-electron chi connectivity index (χ2n) is 8.20. The summed E-state index contributed by atoms with van der Waals surface area (Å²) >= 11 is 0. The van der Waals surface area contributed by atoms with E-state index in [4.69, 9.17) is 4.98 Å². The maximum absolute atomic E-state index is 13.4. The molecule has 2 aromatic carbocycles. The Hall–Kier alpha value is -3.74. The molecular weight excluding hydrogens is 400 g/mol. The van der Waals surface area contributed by atoms with Gasteiger partial charge < -0.3 is 14.8 Å². The number of aromatic nitrogens is 4. The van der Waals surface area contributed by atoms with Crippen LogP contribution in [0.1, 0.15) is 30.3 Å². The number of imidazole rings is 1. The zero-order valence-electron chi connectivity index (χ0n) is 18.1. The van der Waals surface area contributed by atoms with Gasteiger partial charge in [-0.25, -0.2) is 15.0 Å². The molecule has 1 N–H and O–H groups in total. The van der Waals surface area contributed by atoms with Crippen molar-refractivity contribution in [1.29, 1.82) is 0 Å². The highest BCUT2D eigenvalue weighted by atomic mass is 16.2. The maximum Gasteiger partial charge on any atom is 0.225 e. The molecule has 2 unspecified atom stereocenters. The molecule has 2 aromatic heterocycles. The van der Waals surface area contributed by atoms with E-state index in [0.29, 0.717) is 12.5 Å². The molecule has 0 saturated carbocycles. The van der Waals surface area contributed by atoms with Crippen molar-refractivity contribution in [2.45, 2.75) is 18.9 Å². The molecular formula is C25H26N6O. The summed E-state index contributed by atoms with van der Waals surface area (Å²) < 4.78 is 2.07. The molecule has 1 aliphatic rings. The molecule has 0 spiro atoms. The van der Waals surface area contributed by atoms with Crippen molar-refractivity contribution in [2.24, 2.45) is 13.0 Å². The Labute approximate surface area is 187 Å². The molecule has 1 amide bonds. The summed E-state index contributed by atoms with van der Waals surface area (Å²) in [6, 6.07) is 19.6. The first-order valence-electron chi connectivity index (χ1n) is 11.0. The van der Waals surface area contributed by atoms with Crippen LogP contribution in [0.4, 0.5) is 5.95 Å². The van der Waals surface area contributed by atoms with Crippen LogP contribution < -0.4 is 10.2 Å². The normalized spacial score (nSPS) is 17.3. The summed E-state index contributed by atoms with van der Waals surface area (Å²) in [5.41, 5.74) is 2.98. The van der Waals surface area contributed by atoms with E-state index in [1.54, 1.807) is 18.5 Å². The van der Waals surface area contributed by atoms with Crippen molar-refractivity contribution in [3.05, 3.63) is 84.4 Å². The molecule has 0 aliphatic carbocycles. The Kier molecular flexibility index (Phi) is 5.54. The topological polar surface area (TPSA) is 75.9 Å². The number of benzene rings is 2. The van der Waals surface area contributed by atoms with E-state index >= 15 is 0 Å². The number of hydrogen-bond donors (Lipinski definition) is 1. The summed E-state index contributed by atoms with van der Waals surface area (Å²) in [6.07, 6.45) is 5.25. The molecule has 1 aliphatic heterocycles. The highest BCUT2D eigenvalue weighted by molar-refractivity contribution is 5.81. The Morgan fingerprint density at radius 1 is 1.03 bits per heavy atom. The predicted octanol–water partition coefficient (Wildman–Crippen LogP) is 3.49. The van der Waals surface area contributed by atoms with Crippen LogP contribution in [0.2, 0.25) is 0 Å². The minimum atomic E-state index is -0.329. The second-order valence-corrected chi connectivity index (χ2v) is 8.20. The van der Waals surface area contributed by atoms with Gasteiger partial charge in [0.25, 0.3) is 0 Å². The SMILES string of the molecule is Cn1c(C(NC(=O)C2CCCN(c3ncccn3)C2)c2ccccc2)nc2ccccc21. The van der Waals surface area contributed by atoms with Crippen molar-refractivity contribution in [3.63, 3.8) is 0 Å². The van der Waals surface area contributed by atoms with E-state index in [2.05, 4.69) is 30.8 Å².